The van der Waals surface area contributed by atoms with Gasteiger partial charge < -0.3 is 10.1 Å². The zero-order valence-corrected chi connectivity index (χ0v) is 11.8. The standard InChI is InChI=1S/C13H18ClNO.ClH/c1-9(2)8-15-12-6-7-16-13-10(12)4-3-5-11(13)14;/h3-5,9,12,15H,6-8H2,1-2H3;1H. The molecule has 0 bridgehead atoms. The van der Waals surface area contributed by atoms with Crippen molar-refractivity contribution in [2.75, 3.05) is 13.2 Å². The third-order valence-electron chi connectivity index (χ3n) is 2.80. The first-order valence-corrected chi connectivity index (χ1v) is 6.21. The average Bonchev–Trinajstić information content (AvgIpc) is 2.27. The first-order chi connectivity index (χ1) is 7.68. The molecule has 1 N–H and O–H groups in total. The lowest BCUT2D eigenvalue weighted by atomic mass is 10.00. The fourth-order valence-electron chi connectivity index (χ4n) is 1.98. The van der Waals surface area contributed by atoms with E-state index in [9.17, 15) is 0 Å². The van der Waals surface area contributed by atoms with Crippen LogP contribution in [0.3, 0.4) is 0 Å². The van der Waals surface area contributed by atoms with Crippen molar-refractivity contribution < 1.29 is 4.74 Å². The summed E-state index contributed by atoms with van der Waals surface area (Å²) in [5.74, 6) is 1.52. The summed E-state index contributed by atoms with van der Waals surface area (Å²) >= 11 is 6.12. The number of hydrogen-bond acceptors (Lipinski definition) is 2. The second kappa shape index (κ2) is 6.48. The van der Waals surface area contributed by atoms with Crippen molar-refractivity contribution in [3.63, 3.8) is 0 Å². The van der Waals surface area contributed by atoms with Gasteiger partial charge in [0, 0.05) is 18.0 Å². The van der Waals surface area contributed by atoms with Gasteiger partial charge in [0.05, 0.1) is 11.6 Å². The van der Waals surface area contributed by atoms with E-state index in [1.807, 2.05) is 12.1 Å². The summed E-state index contributed by atoms with van der Waals surface area (Å²) in [4.78, 5) is 0. The number of rotatable bonds is 3. The molecule has 1 heterocycles. The summed E-state index contributed by atoms with van der Waals surface area (Å²) < 4.78 is 5.62. The van der Waals surface area contributed by atoms with Crippen molar-refractivity contribution in [2.24, 2.45) is 5.92 Å². The smallest absolute Gasteiger partial charge is 0.142 e. The third kappa shape index (κ3) is 3.51. The van der Waals surface area contributed by atoms with Crippen LogP contribution < -0.4 is 10.1 Å². The lowest BCUT2D eigenvalue weighted by Crippen LogP contribution is -2.29. The number of ether oxygens (including phenoxy) is 1. The van der Waals surface area contributed by atoms with Gasteiger partial charge in [0.1, 0.15) is 5.75 Å². The van der Waals surface area contributed by atoms with Crippen LogP contribution in [0.1, 0.15) is 31.9 Å². The van der Waals surface area contributed by atoms with Crippen LogP contribution in [0.25, 0.3) is 0 Å². The Bertz CT molecular complexity index is 368. The minimum absolute atomic E-state index is 0. The van der Waals surface area contributed by atoms with E-state index in [2.05, 4.69) is 25.2 Å². The highest BCUT2D eigenvalue weighted by Gasteiger charge is 2.22. The largest absolute Gasteiger partial charge is 0.492 e. The van der Waals surface area contributed by atoms with Gasteiger partial charge in [-0.15, -0.1) is 12.4 Å². The fourth-order valence-corrected chi connectivity index (χ4v) is 2.21. The van der Waals surface area contributed by atoms with Crippen molar-refractivity contribution in [1.29, 1.82) is 0 Å². The second-order valence-electron chi connectivity index (χ2n) is 4.65. The lowest BCUT2D eigenvalue weighted by molar-refractivity contribution is 0.250. The van der Waals surface area contributed by atoms with Crippen LogP contribution in [0.15, 0.2) is 18.2 Å². The topological polar surface area (TPSA) is 21.3 Å². The van der Waals surface area contributed by atoms with E-state index in [1.54, 1.807) is 0 Å². The molecule has 1 aliphatic rings. The van der Waals surface area contributed by atoms with Gasteiger partial charge in [0.15, 0.2) is 0 Å². The van der Waals surface area contributed by atoms with Gasteiger partial charge in [-0.25, -0.2) is 0 Å². The van der Waals surface area contributed by atoms with Crippen molar-refractivity contribution in [3.05, 3.63) is 28.8 Å². The molecule has 0 spiro atoms. The fraction of sp³-hybridized carbons (Fsp3) is 0.538. The lowest BCUT2D eigenvalue weighted by Gasteiger charge is -2.28. The molecule has 0 aromatic heterocycles. The monoisotopic (exact) mass is 275 g/mol. The maximum atomic E-state index is 6.12. The molecule has 1 unspecified atom stereocenters. The second-order valence-corrected chi connectivity index (χ2v) is 5.06. The Hall–Kier alpha value is -0.440. The summed E-state index contributed by atoms with van der Waals surface area (Å²) in [6.45, 7) is 6.19. The minimum Gasteiger partial charge on any atom is -0.492 e. The predicted molar refractivity (Wildman–Crippen MR) is 74.4 cm³/mol. The molecule has 1 atom stereocenters. The zero-order valence-electron chi connectivity index (χ0n) is 10.2. The molecular formula is C13H19Cl2NO. The number of halogens is 2. The number of benzene rings is 1. The van der Waals surface area contributed by atoms with Crippen LogP contribution in [0.5, 0.6) is 5.75 Å². The van der Waals surface area contributed by atoms with Gasteiger partial charge in [-0.2, -0.15) is 0 Å². The molecule has 1 aromatic rings. The van der Waals surface area contributed by atoms with Crippen molar-refractivity contribution >= 4 is 24.0 Å². The van der Waals surface area contributed by atoms with E-state index in [4.69, 9.17) is 16.3 Å². The molecule has 0 radical (unpaired) electrons. The predicted octanol–water partition coefficient (Wildman–Crippen LogP) is 3.83. The maximum absolute atomic E-state index is 6.12. The summed E-state index contributed by atoms with van der Waals surface area (Å²) in [6.07, 6.45) is 1.01. The van der Waals surface area contributed by atoms with E-state index in [0.717, 1.165) is 25.3 Å². The maximum Gasteiger partial charge on any atom is 0.142 e. The Morgan fingerprint density at radius 3 is 2.94 bits per heavy atom. The van der Waals surface area contributed by atoms with E-state index in [-0.39, 0.29) is 12.4 Å². The van der Waals surface area contributed by atoms with Gasteiger partial charge in [-0.1, -0.05) is 37.6 Å². The van der Waals surface area contributed by atoms with Gasteiger partial charge in [-0.05, 0) is 18.5 Å². The van der Waals surface area contributed by atoms with E-state index < -0.39 is 0 Å². The summed E-state index contributed by atoms with van der Waals surface area (Å²) in [7, 11) is 0. The van der Waals surface area contributed by atoms with Gasteiger partial charge in [-0.3, -0.25) is 0 Å². The Morgan fingerprint density at radius 2 is 2.24 bits per heavy atom. The molecule has 0 saturated heterocycles. The van der Waals surface area contributed by atoms with E-state index in [1.165, 1.54) is 5.56 Å². The molecule has 0 aliphatic carbocycles. The molecule has 0 fully saturated rings. The Morgan fingerprint density at radius 1 is 1.47 bits per heavy atom. The molecule has 4 heteroatoms. The SMILES string of the molecule is CC(C)CNC1CCOc2c(Cl)cccc21.Cl. The minimum atomic E-state index is 0. The zero-order chi connectivity index (χ0) is 11.5. The molecule has 1 aromatic carbocycles. The quantitative estimate of drug-likeness (QED) is 0.905. The highest BCUT2D eigenvalue weighted by molar-refractivity contribution is 6.32. The van der Waals surface area contributed by atoms with Crippen LogP contribution in [0, 0.1) is 5.92 Å². The third-order valence-corrected chi connectivity index (χ3v) is 3.10. The molecular weight excluding hydrogens is 257 g/mol. The molecule has 0 amide bonds. The van der Waals surface area contributed by atoms with Crippen LogP contribution in [-0.2, 0) is 0 Å². The van der Waals surface area contributed by atoms with Crippen LogP contribution >= 0.6 is 24.0 Å². The van der Waals surface area contributed by atoms with E-state index >= 15 is 0 Å². The highest BCUT2D eigenvalue weighted by atomic mass is 35.5. The molecule has 1 aliphatic heterocycles. The summed E-state index contributed by atoms with van der Waals surface area (Å²) in [5.41, 5.74) is 1.19. The normalized spacial score (nSPS) is 18.2. The first kappa shape index (κ1) is 14.6. The molecule has 17 heavy (non-hydrogen) atoms. The van der Waals surface area contributed by atoms with Gasteiger partial charge in [0.25, 0.3) is 0 Å². The number of para-hydroxylation sites is 1. The molecule has 0 saturated carbocycles. The van der Waals surface area contributed by atoms with Crippen molar-refractivity contribution in [1.82, 2.24) is 5.32 Å². The number of hydrogen-bond donors (Lipinski definition) is 1. The summed E-state index contributed by atoms with van der Waals surface area (Å²) in [5, 5.41) is 4.28. The van der Waals surface area contributed by atoms with E-state index in [0.29, 0.717) is 17.0 Å². The Labute approximate surface area is 114 Å². The van der Waals surface area contributed by atoms with Crippen molar-refractivity contribution in [3.8, 4) is 5.75 Å². The van der Waals surface area contributed by atoms with Crippen LogP contribution in [-0.4, -0.2) is 13.2 Å². The van der Waals surface area contributed by atoms with Crippen LogP contribution in [0.2, 0.25) is 5.02 Å². The van der Waals surface area contributed by atoms with Crippen LogP contribution in [0.4, 0.5) is 0 Å². The first-order valence-electron chi connectivity index (χ1n) is 5.83. The number of nitrogens with one attached hydrogen (secondary N) is 1. The summed E-state index contributed by atoms with van der Waals surface area (Å²) in [6, 6.07) is 6.34. The van der Waals surface area contributed by atoms with Gasteiger partial charge in [0.2, 0.25) is 0 Å². The Kier molecular flexibility index (Phi) is 5.57. The molecule has 96 valence electrons. The highest BCUT2D eigenvalue weighted by Crippen LogP contribution is 2.37. The number of fused-ring (bicyclic) bond motifs is 1. The molecule has 2 nitrogen and oxygen atoms in total. The average molecular weight is 276 g/mol. The molecule has 2 rings (SSSR count). The van der Waals surface area contributed by atoms with Gasteiger partial charge >= 0.3 is 0 Å². The Balaban J connectivity index is 0.00000144. The van der Waals surface area contributed by atoms with Crippen molar-refractivity contribution in [2.45, 2.75) is 26.3 Å².